The number of rotatable bonds is 7. The summed E-state index contributed by atoms with van der Waals surface area (Å²) >= 11 is 3.32. The third kappa shape index (κ3) is 4.90. The van der Waals surface area contributed by atoms with Gasteiger partial charge in [0, 0.05) is 16.6 Å². The molecule has 1 unspecified atom stereocenters. The van der Waals surface area contributed by atoms with Gasteiger partial charge >= 0.3 is 5.97 Å². The standard InChI is InChI=1S/C18H17BrN2O4/c1-11-3-2-4-14(19)16(11)17(23)21-15(18(24)25)9-12-5-7-13(8-6-12)20-10-22/h2-8,10,15H,9H2,1H3,(H,20,22)(H,21,23)(H,24,25). The molecule has 0 aliphatic heterocycles. The maximum absolute atomic E-state index is 12.5. The fourth-order valence-electron chi connectivity index (χ4n) is 2.39. The monoisotopic (exact) mass is 404 g/mol. The van der Waals surface area contributed by atoms with Crippen LogP contribution in [0.2, 0.25) is 0 Å². The number of anilines is 1. The minimum absolute atomic E-state index is 0.131. The molecule has 0 aliphatic carbocycles. The van der Waals surface area contributed by atoms with Crippen LogP contribution in [0.15, 0.2) is 46.9 Å². The second kappa shape index (κ2) is 8.43. The fourth-order valence-corrected chi connectivity index (χ4v) is 3.04. The van der Waals surface area contributed by atoms with Crippen LogP contribution >= 0.6 is 15.9 Å². The van der Waals surface area contributed by atoms with Crippen LogP contribution in [0.4, 0.5) is 5.69 Å². The summed E-state index contributed by atoms with van der Waals surface area (Å²) in [7, 11) is 0. The molecule has 0 fully saturated rings. The second-order valence-corrected chi connectivity index (χ2v) is 6.31. The predicted octanol–water partition coefficient (Wildman–Crippen LogP) is 2.75. The molecule has 6 nitrogen and oxygen atoms in total. The number of hydrogen-bond acceptors (Lipinski definition) is 3. The van der Waals surface area contributed by atoms with Crippen LogP contribution in [0.3, 0.4) is 0 Å². The first-order chi connectivity index (χ1) is 11.9. The Labute approximate surface area is 153 Å². The van der Waals surface area contributed by atoms with E-state index in [1.54, 1.807) is 49.4 Å². The maximum Gasteiger partial charge on any atom is 0.326 e. The number of halogens is 1. The molecule has 0 saturated heterocycles. The van der Waals surface area contributed by atoms with Gasteiger partial charge < -0.3 is 15.7 Å². The van der Waals surface area contributed by atoms with E-state index in [-0.39, 0.29) is 6.42 Å². The predicted molar refractivity (Wildman–Crippen MR) is 97.6 cm³/mol. The van der Waals surface area contributed by atoms with E-state index in [9.17, 15) is 19.5 Å². The molecule has 2 amide bonds. The summed E-state index contributed by atoms with van der Waals surface area (Å²) in [5.74, 6) is -1.57. The summed E-state index contributed by atoms with van der Waals surface area (Å²) < 4.78 is 0.610. The van der Waals surface area contributed by atoms with Crippen LogP contribution in [-0.2, 0) is 16.0 Å². The molecule has 0 aromatic heterocycles. The quantitative estimate of drug-likeness (QED) is 0.618. The molecule has 0 heterocycles. The molecule has 2 aromatic rings. The van der Waals surface area contributed by atoms with Gasteiger partial charge in [-0.25, -0.2) is 4.79 Å². The van der Waals surface area contributed by atoms with E-state index in [4.69, 9.17) is 0 Å². The van der Waals surface area contributed by atoms with Gasteiger partial charge in [-0.1, -0.05) is 24.3 Å². The van der Waals surface area contributed by atoms with Gasteiger partial charge in [0.05, 0.1) is 5.56 Å². The minimum Gasteiger partial charge on any atom is -0.480 e. The summed E-state index contributed by atoms with van der Waals surface area (Å²) in [6, 6.07) is 11.0. The average Bonchev–Trinajstić information content (AvgIpc) is 2.56. The topological polar surface area (TPSA) is 95.5 Å². The Hall–Kier alpha value is -2.67. The van der Waals surface area contributed by atoms with Crippen molar-refractivity contribution in [3.63, 3.8) is 0 Å². The average molecular weight is 405 g/mol. The Bertz CT molecular complexity index is 770. The van der Waals surface area contributed by atoms with Gasteiger partial charge in [0.25, 0.3) is 5.91 Å². The smallest absolute Gasteiger partial charge is 0.326 e. The summed E-state index contributed by atoms with van der Waals surface area (Å²) in [5.41, 5.74) is 2.51. The van der Waals surface area contributed by atoms with Crippen molar-refractivity contribution in [1.29, 1.82) is 0 Å². The van der Waals surface area contributed by atoms with Crippen molar-refractivity contribution in [1.82, 2.24) is 5.32 Å². The Kier molecular flexibility index (Phi) is 6.30. The molecule has 0 saturated carbocycles. The number of carboxylic acids is 1. The van der Waals surface area contributed by atoms with E-state index in [0.29, 0.717) is 22.1 Å². The number of hydrogen-bond donors (Lipinski definition) is 3. The van der Waals surface area contributed by atoms with E-state index in [2.05, 4.69) is 26.6 Å². The number of benzene rings is 2. The minimum atomic E-state index is -1.12. The van der Waals surface area contributed by atoms with Crippen molar-refractivity contribution in [3.8, 4) is 0 Å². The number of aryl methyl sites for hydroxylation is 1. The highest BCUT2D eigenvalue weighted by atomic mass is 79.9. The number of carboxylic acid groups (broad SMARTS) is 1. The molecular weight excluding hydrogens is 388 g/mol. The normalized spacial score (nSPS) is 11.4. The maximum atomic E-state index is 12.5. The summed E-state index contributed by atoms with van der Waals surface area (Å²) in [5, 5.41) is 14.5. The van der Waals surface area contributed by atoms with E-state index >= 15 is 0 Å². The van der Waals surface area contributed by atoms with Crippen molar-refractivity contribution in [2.75, 3.05) is 5.32 Å². The third-order valence-corrected chi connectivity index (χ3v) is 4.33. The van der Waals surface area contributed by atoms with Gasteiger partial charge in [0.2, 0.25) is 6.41 Å². The Morgan fingerprint density at radius 1 is 1.20 bits per heavy atom. The van der Waals surface area contributed by atoms with E-state index in [1.807, 2.05) is 0 Å². The zero-order valence-electron chi connectivity index (χ0n) is 13.5. The van der Waals surface area contributed by atoms with Crippen LogP contribution in [0.1, 0.15) is 21.5 Å². The molecule has 7 heteroatoms. The lowest BCUT2D eigenvalue weighted by molar-refractivity contribution is -0.139. The molecule has 130 valence electrons. The lowest BCUT2D eigenvalue weighted by Gasteiger charge is -2.16. The summed E-state index contributed by atoms with van der Waals surface area (Å²) in [6.07, 6.45) is 0.696. The molecule has 0 radical (unpaired) electrons. The number of aliphatic carboxylic acids is 1. The lowest BCUT2D eigenvalue weighted by Crippen LogP contribution is -2.42. The molecule has 0 aliphatic rings. The molecule has 2 rings (SSSR count). The van der Waals surface area contributed by atoms with Crippen molar-refractivity contribution < 1.29 is 19.5 Å². The summed E-state index contributed by atoms with van der Waals surface area (Å²) in [6.45, 7) is 1.79. The molecule has 1 atom stereocenters. The zero-order valence-corrected chi connectivity index (χ0v) is 15.0. The molecule has 25 heavy (non-hydrogen) atoms. The van der Waals surface area contributed by atoms with Gasteiger partial charge in [-0.3, -0.25) is 9.59 Å². The van der Waals surface area contributed by atoms with Crippen LogP contribution in [0.25, 0.3) is 0 Å². The van der Waals surface area contributed by atoms with Crippen LogP contribution < -0.4 is 10.6 Å². The Balaban J connectivity index is 2.14. The zero-order chi connectivity index (χ0) is 18.4. The largest absolute Gasteiger partial charge is 0.480 e. The number of carbonyl (C=O) groups excluding carboxylic acids is 2. The van der Waals surface area contributed by atoms with Crippen molar-refractivity contribution in [2.45, 2.75) is 19.4 Å². The number of amides is 2. The first-order valence-corrected chi connectivity index (χ1v) is 8.29. The van der Waals surface area contributed by atoms with Gasteiger partial charge in [-0.2, -0.15) is 0 Å². The summed E-state index contributed by atoms with van der Waals surface area (Å²) in [4.78, 5) is 34.4. The Morgan fingerprint density at radius 2 is 1.88 bits per heavy atom. The highest BCUT2D eigenvalue weighted by molar-refractivity contribution is 9.10. The van der Waals surface area contributed by atoms with Gasteiger partial charge in [0.15, 0.2) is 0 Å². The van der Waals surface area contributed by atoms with Gasteiger partial charge in [0.1, 0.15) is 6.04 Å². The first kappa shape index (κ1) is 18.7. The molecule has 3 N–H and O–H groups in total. The molecule has 0 spiro atoms. The van der Waals surface area contributed by atoms with E-state index < -0.39 is 17.9 Å². The first-order valence-electron chi connectivity index (χ1n) is 7.50. The molecule has 0 bridgehead atoms. The fraction of sp³-hybridized carbons (Fsp3) is 0.167. The number of carbonyl (C=O) groups is 3. The van der Waals surface area contributed by atoms with Crippen molar-refractivity contribution >= 4 is 39.9 Å². The van der Waals surface area contributed by atoms with E-state index in [0.717, 1.165) is 11.1 Å². The highest BCUT2D eigenvalue weighted by Gasteiger charge is 2.23. The van der Waals surface area contributed by atoms with Gasteiger partial charge in [-0.05, 0) is 52.2 Å². The van der Waals surface area contributed by atoms with Crippen LogP contribution in [0, 0.1) is 6.92 Å². The molecule has 2 aromatic carbocycles. The lowest BCUT2D eigenvalue weighted by atomic mass is 10.0. The van der Waals surface area contributed by atoms with Crippen LogP contribution in [-0.4, -0.2) is 29.4 Å². The second-order valence-electron chi connectivity index (χ2n) is 5.46. The Morgan fingerprint density at radius 3 is 2.44 bits per heavy atom. The SMILES string of the molecule is Cc1cccc(Br)c1C(=O)NC(Cc1ccc(NC=O)cc1)C(=O)O. The van der Waals surface area contributed by atoms with Gasteiger partial charge in [-0.15, -0.1) is 0 Å². The van der Waals surface area contributed by atoms with Crippen molar-refractivity contribution in [3.05, 3.63) is 63.6 Å². The van der Waals surface area contributed by atoms with Crippen LogP contribution in [0.5, 0.6) is 0 Å². The third-order valence-electron chi connectivity index (χ3n) is 3.67. The number of nitrogens with one attached hydrogen (secondary N) is 2. The highest BCUT2D eigenvalue weighted by Crippen LogP contribution is 2.20. The molecular formula is C18H17BrN2O4. The van der Waals surface area contributed by atoms with E-state index in [1.165, 1.54) is 0 Å². The van der Waals surface area contributed by atoms with Crippen molar-refractivity contribution in [2.24, 2.45) is 0 Å².